The van der Waals surface area contributed by atoms with E-state index in [4.69, 9.17) is 0 Å². The van der Waals surface area contributed by atoms with E-state index in [1.165, 1.54) is 22.6 Å². The fourth-order valence-electron chi connectivity index (χ4n) is 3.19. The Morgan fingerprint density at radius 3 is 2.46 bits per heavy atom. The molecule has 1 aromatic heterocycles. The zero-order chi connectivity index (χ0) is 19.1. The molecule has 2 aromatic rings. The van der Waals surface area contributed by atoms with E-state index in [-0.39, 0.29) is 16.8 Å². The number of nitrogens with one attached hydrogen (secondary N) is 1. The van der Waals surface area contributed by atoms with Crippen LogP contribution in [0.4, 0.5) is 0 Å². The fraction of sp³-hybridized carbons (Fsp3) is 0.421. The summed E-state index contributed by atoms with van der Waals surface area (Å²) in [4.78, 5) is 16.3. The van der Waals surface area contributed by atoms with E-state index < -0.39 is 15.6 Å². The van der Waals surface area contributed by atoms with Gasteiger partial charge < -0.3 is 4.90 Å². The summed E-state index contributed by atoms with van der Waals surface area (Å²) in [5.41, 5.74) is 1.16. The molecular weight excluding hydrogens is 368 g/mol. The first kappa shape index (κ1) is 19.1. The van der Waals surface area contributed by atoms with Gasteiger partial charge in [0.15, 0.2) is 0 Å². The highest BCUT2D eigenvalue weighted by Crippen LogP contribution is 2.33. The second-order valence-corrected chi connectivity index (χ2v) is 10.3. The van der Waals surface area contributed by atoms with E-state index in [1.807, 2.05) is 11.8 Å². The first-order valence-electron chi connectivity index (χ1n) is 8.60. The van der Waals surface area contributed by atoms with Gasteiger partial charge in [0.05, 0.1) is 10.9 Å². The second-order valence-electron chi connectivity index (χ2n) is 7.60. The number of amides is 1. The van der Waals surface area contributed by atoms with Gasteiger partial charge in [0, 0.05) is 22.5 Å². The van der Waals surface area contributed by atoms with Crippen LogP contribution in [0.1, 0.15) is 54.5 Å². The molecule has 1 aromatic carbocycles. The molecule has 1 aliphatic heterocycles. The molecule has 5 nitrogen and oxygen atoms in total. The van der Waals surface area contributed by atoms with Crippen molar-refractivity contribution in [2.45, 2.75) is 50.6 Å². The first-order chi connectivity index (χ1) is 12.1. The highest BCUT2D eigenvalue weighted by Gasteiger charge is 2.29. The van der Waals surface area contributed by atoms with Crippen molar-refractivity contribution in [3.05, 3.63) is 51.7 Å². The van der Waals surface area contributed by atoms with E-state index >= 15 is 0 Å². The van der Waals surface area contributed by atoms with Crippen molar-refractivity contribution in [1.82, 2.24) is 9.62 Å². The third-order valence-corrected chi connectivity index (χ3v) is 7.16. The Morgan fingerprint density at radius 2 is 1.85 bits per heavy atom. The van der Waals surface area contributed by atoms with E-state index in [2.05, 4.69) is 16.2 Å². The van der Waals surface area contributed by atoms with Crippen LogP contribution in [0.15, 0.2) is 40.6 Å². The molecule has 140 valence electrons. The summed E-state index contributed by atoms with van der Waals surface area (Å²) in [5, 5.41) is 2.07. The zero-order valence-electron chi connectivity index (χ0n) is 15.4. The number of sulfonamides is 1. The molecule has 0 aliphatic carbocycles. The van der Waals surface area contributed by atoms with Crippen molar-refractivity contribution in [2.75, 3.05) is 6.54 Å². The Bertz CT molecular complexity index is 909. The number of carbonyl (C=O) groups is 1. The molecule has 0 bridgehead atoms. The van der Waals surface area contributed by atoms with Crippen molar-refractivity contribution in [1.29, 1.82) is 0 Å². The van der Waals surface area contributed by atoms with Gasteiger partial charge >= 0.3 is 0 Å². The van der Waals surface area contributed by atoms with Crippen LogP contribution in [0, 0.1) is 0 Å². The largest absolute Gasteiger partial charge is 0.331 e. The molecule has 7 heteroatoms. The van der Waals surface area contributed by atoms with E-state index in [1.54, 1.807) is 44.2 Å². The summed E-state index contributed by atoms with van der Waals surface area (Å²) in [6.07, 6.45) is 0.866. The maximum atomic E-state index is 12.9. The number of hydrogen-bond donors (Lipinski definition) is 1. The predicted molar refractivity (Wildman–Crippen MR) is 104 cm³/mol. The number of thiophene rings is 1. The van der Waals surface area contributed by atoms with E-state index in [9.17, 15) is 13.2 Å². The minimum absolute atomic E-state index is 0.0310. The van der Waals surface area contributed by atoms with Gasteiger partial charge in [-0.3, -0.25) is 4.79 Å². The van der Waals surface area contributed by atoms with Crippen molar-refractivity contribution < 1.29 is 13.2 Å². The van der Waals surface area contributed by atoms with Crippen LogP contribution in [-0.4, -0.2) is 31.3 Å². The lowest BCUT2D eigenvalue weighted by Gasteiger charge is -2.33. The molecule has 0 fully saturated rings. The van der Waals surface area contributed by atoms with E-state index in [0.717, 1.165) is 6.42 Å². The molecule has 1 aliphatic rings. The van der Waals surface area contributed by atoms with Gasteiger partial charge in [-0.25, -0.2) is 13.1 Å². The van der Waals surface area contributed by atoms with Crippen LogP contribution in [0.2, 0.25) is 0 Å². The molecule has 0 radical (unpaired) electrons. The number of carbonyl (C=O) groups excluding carboxylic acids is 1. The van der Waals surface area contributed by atoms with Crippen LogP contribution in [0.25, 0.3) is 0 Å². The molecular formula is C19H24N2O3S2. The molecule has 1 atom stereocenters. The molecule has 0 saturated heterocycles. The standard InChI is InChI=1S/C19H24N2O3S2/c1-13-16-10-12-25-17(16)9-11-21(13)18(22)14-5-7-15(8-6-14)26(23,24)20-19(2,3)4/h5-8,10,12-13,20H,9,11H2,1-4H3/t13-/m0/s1. The summed E-state index contributed by atoms with van der Waals surface area (Å²) in [6.45, 7) is 8.09. The highest BCUT2D eigenvalue weighted by atomic mass is 32.2. The minimum atomic E-state index is -3.60. The summed E-state index contributed by atoms with van der Waals surface area (Å²) in [6, 6.07) is 8.28. The molecule has 0 unspecified atom stereocenters. The number of benzene rings is 1. The maximum absolute atomic E-state index is 12.9. The molecule has 2 heterocycles. The molecule has 26 heavy (non-hydrogen) atoms. The average Bonchev–Trinajstić information content (AvgIpc) is 3.02. The highest BCUT2D eigenvalue weighted by molar-refractivity contribution is 7.89. The Balaban J connectivity index is 1.80. The Hall–Kier alpha value is -1.70. The Labute approximate surface area is 159 Å². The summed E-state index contributed by atoms with van der Waals surface area (Å²) in [7, 11) is -3.60. The van der Waals surface area contributed by atoms with Crippen molar-refractivity contribution in [3.63, 3.8) is 0 Å². The van der Waals surface area contributed by atoms with Gasteiger partial charge in [0.2, 0.25) is 10.0 Å². The predicted octanol–water partition coefficient (Wildman–Crippen LogP) is 3.58. The second kappa shape index (κ2) is 6.79. The number of nitrogens with zero attached hydrogens (tertiary/aromatic N) is 1. The monoisotopic (exact) mass is 392 g/mol. The third kappa shape index (κ3) is 3.84. The lowest BCUT2D eigenvalue weighted by Crippen LogP contribution is -2.40. The normalized spacial score (nSPS) is 17.8. The van der Waals surface area contributed by atoms with Gasteiger partial charge in [0.1, 0.15) is 0 Å². The van der Waals surface area contributed by atoms with E-state index in [0.29, 0.717) is 12.1 Å². The molecule has 0 spiro atoms. The SMILES string of the molecule is C[C@H]1c2ccsc2CCN1C(=O)c1ccc(S(=O)(=O)NC(C)(C)C)cc1. The first-order valence-corrected chi connectivity index (χ1v) is 11.0. The van der Waals surface area contributed by atoms with Gasteiger partial charge in [-0.05, 0) is 75.4 Å². The quantitative estimate of drug-likeness (QED) is 0.868. The van der Waals surface area contributed by atoms with Crippen LogP contribution in [0.5, 0.6) is 0 Å². The average molecular weight is 393 g/mol. The fourth-order valence-corrected chi connectivity index (χ4v) is 5.57. The maximum Gasteiger partial charge on any atom is 0.254 e. The van der Waals surface area contributed by atoms with Crippen LogP contribution in [-0.2, 0) is 16.4 Å². The van der Waals surface area contributed by atoms with Crippen molar-refractivity contribution in [3.8, 4) is 0 Å². The van der Waals surface area contributed by atoms with Crippen molar-refractivity contribution >= 4 is 27.3 Å². The lowest BCUT2D eigenvalue weighted by atomic mass is 10.0. The smallest absolute Gasteiger partial charge is 0.254 e. The Morgan fingerprint density at radius 1 is 1.19 bits per heavy atom. The topological polar surface area (TPSA) is 66.5 Å². The van der Waals surface area contributed by atoms with Gasteiger partial charge in [0.25, 0.3) is 5.91 Å². The minimum Gasteiger partial charge on any atom is -0.331 e. The molecule has 1 amide bonds. The van der Waals surface area contributed by atoms with Crippen LogP contribution in [0.3, 0.4) is 0 Å². The molecule has 1 N–H and O–H groups in total. The molecule has 3 rings (SSSR count). The third-order valence-electron chi connectivity index (χ3n) is 4.39. The molecule has 0 saturated carbocycles. The van der Waals surface area contributed by atoms with Crippen LogP contribution < -0.4 is 4.72 Å². The Kier molecular flexibility index (Phi) is 4.98. The summed E-state index contributed by atoms with van der Waals surface area (Å²) >= 11 is 1.74. The number of hydrogen-bond acceptors (Lipinski definition) is 4. The lowest BCUT2D eigenvalue weighted by molar-refractivity contribution is 0.0679. The van der Waals surface area contributed by atoms with Crippen molar-refractivity contribution in [2.24, 2.45) is 0 Å². The van der Waals surface area contributed by atoms with Gasteiger partial charge in [-0.2, -0.15) is 0 Å². The van der Waals surface area contributed by atoms with Gasteiger partial charge in [-0.1, -0.05) is 0 Å². The van der Waals surface area contributed by atoms with Crippen LogP contribution >= 0.6 is 11.3 Å². The van der Waals surface area contributed by atoms with Gasteiger partial charge in [-0.15, -0.1) is 11.3 Å². The summed E-state index contributed by atoms with van der Waals surface area (Å²) in [5.74, 6) is -0.0675. The zero-order valence-corrected chi connectivity index (χ0v) is 17.1. The number of fused-ring (bicyclic) bond motifs is 1. The summed E-state index contributed by atoms with van der Waals surface area (Å²) < 4.78 is 27.4. The number of rotatable bonds is 3.